The molecule has 23 heavy (non-hydrogen) atoms. The van der Waals surface area contributed by atoms with Gasteiger partial charge >= 0.3 is 6.09 Å². The van der Waals surface area contributed by atoms with Crippen molar-refractivity contribution < 1.29 is 19.4 Å². The maximum atomic E-state index is 11.7. The quantitative estimate of drug-likeness (QED) is 0.545. The number of nitrogens with one attached hydrogen (secondary N) is 2. The van der Waals surface area contributed by atoms with Crippen molar-refractivity contribution in [1.29, 1.82) is 0 Å². The van der Waals surface area contributed by atoms with Gasteiger partial charge in [0.2, 0.25) is 0 Å². The summed E-state index contributed by atoms with van der Waals surface area (Å²) in [5, 5.41) is 15.2. The Morgan fingerprint density at radius 2 is 2.13 bits per heavy atom. The van der Waals surface area contributed by atoms with E-state index < -0.39 is 12.2 Å². The van der Waals surface area contributed by atoms with Crippen LogP contribution in [0.3, 0.4) is 0 Å². The normalized spacial score (nSPS) is 11.8. The molecular weight excluding hydrogens is 296 g/mol. The zero-order valence-electron chi connectivity index (χ0n) is 14.0. The fourth-order valence-corrected chi connectivity index (χ4v) is 1.90. The molecule has 1 aromatic rings. The molecule has 0 spiro atoms. The molecule has 0 fully saturated rings. The first-order valence-corrected chi connectivity index (χ1v) is 8.21. The fraction of sp³-hybridized carbons (Fsp3) is 0.588. The first kappa shape index (κ1) is 19.3. The van der Waals surface area contributed by atoms with Crippen molar-refractivity contribution in [3.8, 4) is 5.75 Å². The van der Waals surface area contributed by atoms with Gasteiger partial charge in [-0.05, 0) is 25.1 Å². The van der Waals surface area contributed by atoms with Crippen LogP contribution in [-0.4, -0.2) is 43.6 Å². The number of likely N-dealkylation sites (N-methyl/N-ethyl adjacent to an activating group) is 1. The van der Waals surface area contributed by atoms with Gasteiger partial charge in [0.15, 0.2) is 0 Å². The van der Waals surface area contributed by atoms with Gasteiger partial charge in [0.05, 0.1) is 6.61 Å². The van der Waals surface area contributed by atoms with Crippen molar-refractivity contribution in [1.82, 2.24) is 5.32 Å². The first-order valence-electron chi connectivity index (χ1n) is 8.21. The van der Waals surface area contributed by atoms with E-state index in [1.807, 2.05) is 19.1 Å². The number of ether oxygens (including phenoxy) is 2. The SMILES string of the molecule is CCCCCOc1cccc(NC(=O)OCC(O)CNCC)c1. The van der Waals surface area contributed by atoms with Crippen LogP contribution in [0.1, 0.15) is 33.1 Å². The van der Waals surface area contributed by atoms with E-state index in [1.54, 1.807) is 12.1 Å². The van der Waals surface area contributed by atoms with Crippen LogP contribution in [0.2, 0.25) is 0 Å². The number of unbranched alkanes of at least 4 members (excludes halogenated alkanes) is 2. The average Bonchev–Trinajstić information content (AvgIpc) is 2.55. The largest absolute Gasteiger partial charge is 0.494 e. The standard InChI is InChI=1S/C17H28N2O4/c1-3-5-6-10-22-16-9-7-8-14(11-16)19-17(21)23-13-15(20)12-18-4-2/h7-9,11,15,18,20H,3-6,10,12-13H2,1-2H3,(H,19,21). The lowest BCUT2D eigenvalue weighted by atomic mass is 10.2. The highest BCUT2D eigenvalue weighted by atomic mass is 16.6. The van der Waals surface area contributed by atoms with Gasteiger partial charge in [-0.25, -0.2) is 4.79 Å². The molecule has 0 radical (unpaired) electrons. The van der Waals surface area contributed by atoms with Crippen molar-refractivity contribution in [2.75, 3.05) is 31.6 Å². The number of benzene rings is 1. The van der Waals surface area contributed by atoms with Crippen molar-refractivity contribution in [3.05, 3.63) is 24.3 Å². The summed E-state index contributed by atoms with van der Waals surface area (Å²) in [6, 6.07) is 7.17. The Kier molecular flexibility index (Phi) is 9.83. The molecule has 0 saturated heterocycles. The molecule has 0 saturated carbocycles. The summed E-state index contributed by atoms with van der Waals surface area (Å²) in [6.07, 6.45) is 1.99. The second kappa shape index (κ2) is 11.7. The van der Waals surface area contributed by atoms with E-state index in [4.69, 9.17) is 9.47 Å². The zero-order chi connectivity index (χ0) is 16.9. The van der Waals surface area contributed by atoms with Crippen molar-refractivity contribution in [2.24, 2.45) is 0 Å². The molecule has 0 aliphatic heterocycles. The number of carbonyl (C=O) groups excluding carboxylic acids is 1. The van der Waals surface area contributed by atoms with Crippen LogP contribution in [-0.2, 0) is 4.74 Å². The number of hydrogen-bond donors (Lipinski definition) is 3. The summed E-state index contributed by atoms with van der Waals surface area (Å²) < 4.78 is 10.6. The van der Waals surface area contributed by atoms with E-state index in [0.717, 1.165) is 25.8 Å². The van der Waals surface area contributed by atoms with E-state index in [-0.39, 0.29) is 6.61 Å². The number of rotatable bonds is 11. The lowest BCUT2D eigenvalue weighted by Crippen LogP contribution is -2.31. The van der Waals surface area contributed by atoms with E-state index in [0.29, 0.717) is 24.6 Å². The lowest BCUT2D eigenvalue weighted by Gasteiger charge is -2.12. The predicted molar refractivity (Wildman–Crippen MR) is 91.0 cm³/mol. The van der Waals surface area contributed by atoms with Crippen LogP contribution in [0.25, 0.3) is 0 Å². The molecule has 0 bridgehead atoms. The van der Waals surface area contributed by atoms with Gasteiger partial charge in [0.1, 0.15) is 18.5 Å². The Bertz CT molecular complexity index is 454. The molecule has 130 valence electrons. The predicted octanol–water partition coefficient (Wildman–Crippen LogP) is 2.77. The van der Waals surface area contributed by atoms with E-state index >= 15 is 0 Å². The van der Waals surface area contributed by atoms with Crippen molar-refractivity contribution in [3.63, 3.8) is 0 Å². The summed E-state index contributed by atoms with van der Waals surface area (Å²) in [5.41, 5.74) is 0.601. The Morgan fingerprint density at radius 1 is 1.30 bits per heavy atom. The Hall–Kier alpha value is -1.79. The number of carbonyl (C=O) groups is 1. The van der Waals surface area contributed by atoms with Crippen LogP contribution in [0.15, 0.2) is 24.3 Å². The summed E-state index contributed by atoms with van der Waals surface area (Å²) in [5.74, 6) is 0.714. The number of anilines is 1. The molecule has 6 heteroatoms. The van der Waals surface area contributed by atoms with Gasteiger partial charge in [-0.3, -0.25) is 5.32 Å². The second-order valence-electron chi connectivity index (χ2n) is 5.27. The maximum Gasteiger partial charge on any atom is 0.411 e. The van der Waals surface area contributed by atoms with Crippen molar-refractivity contribution >= 4 is 11.8 Å². The van der Waals surface area contributed by atoms with Crippen LogP contribution < -0.4 is 15.4 Å². The van der Waals surface area contributed by atoms with Crippen LogP contribution in [0.5, 0.6) is 5.75 Å². The molecule has 1 unspecified atom stereocenters. The van der Waals surface area contributed by atoms with E-state index in [9.17, 15) is 9.90 Å². The Morgan fingerprint density at radius 3 is 2.87 bits per heavy atom. The number of aliphatic hydroxyl groups excluding tert-OH is 1. The van der Waals surface area contributed by atoms with Gasteiger partial charge in [-0.2, -0.15) is 0 Å². The highest BCUT2D eigenvalue weighted by Crippen LogP contribution is 2.18. The minimum Gasteiger partial charge on any atom is -0.494 e. The van der Waals surface area contributed by atoms with Gasteiger partial charge in [-0.15, -0.1) is 0 Å². The summed E-state index contributed by atoms with van der Waals surface area (Å²) in [4.78, 5) is 11.7. The third-order valence-electron chi connectivity index (χ3n) is 3.13. The lowest BCUT2D eigenvalue weighted by molar-refractivity contribution is 0.0753. The molecule has 0 aromatic heterocycles. The molecule has 1 aromatic carbocycles. The van der Waals surface area contributed by atoms with Gasteiger partial charge in [0.25, 0.3) is 0 Å². The number of aliphatic hydroxyl groups is 1. The molecular formula is C17H28N2O4. The van der Waals surface area contributed by atoms with Crippen LogP contribution in [0, 0.1) is 0 Å². The highest BCUT2D eigenvalue weighted by Gasteiger charge is 2.09. The monoisotopic (exact) mass is 324 g/mol. The summed E-state index contributed by atoms with van der Waals surface area (Å²) in [7, 11) is 0. The third kappa shape index (κ3) is 9.05. The number of hydrogen-bond acceptors (Lipinski definition) is 5. The third-order valence-corrected chi connectivity index (χ3v) is 3.13. The molecule has 1 amide bonds. The number of amides is 1. The summed E-state index contributed by atoms with van der Waals surface area (Å²) >= 11 is 0. The second-order valence-corrected chi connectivity index (χ2v) is 5.27. The minimum absolute atomic E-state index is 0.0496. The van der Waals surface area contributed by atoms with E-state index in [1.165, 1.54) is 0 Å². The molecule has 1 rings (SSSR count). The van der Waals surface area contributed by atoms with Gasteiger partial charge in [0, 0.05) is 18.3 Å². The molecule has 3 N–H and O–H groups in total. The molecule has 0 aliphatic rings. The molecule has 6 nitrogen and oxygen atoms in total. The topological polar surface area (TPSA) is 79.8 Å². The van der Waals surface area contributed by atoms with Gasteiger partial charge in [-0.1, -0.05) is 32.8 Å². The zero-order valence-corrected chi connectivity index (χ0v) is 14.0. The van der Waals surface area contributed by atoms with Crippen LogP contribution >= 0.6 is 0 Å². The van der Waals surface area contributed by atoms with E-state index in [2.05, 4.69) is 17.6 Å². The Balaban J connectivity index is 2.33. The molecule has 0 heterocycles. The van der Waals surface area contributed by atoms with Crippen LogP contribution in [0.4, 0.5) is 10.5 Å². The van der Waals surface area contributed by atoms with Crippen molar-refractivity contribution in [2.45, 2.75) is 39.2 Å². The molecule has 1 atom stereocenters. The Labute approximate surface area is 138 Å². The fourth-order valence-electron chi connectivity index (χ4n) is 1.90. The average molecular weight is 324 g/mol. The summed E-state index contributed by atoms with van der Waals surface area (Å²) in [6.45, 7) is 5.85. The minimum atomic E-state index is -0.714. The van der Waals surface area contributed by atoms with Gasteiger partial charge < -0.3 is 19.9 Å². The maximum absolute atomic E-state index is 11.7. The molecule has 0 aliphatic carbocycles. The highest BCUT2D eigenvalue weighted by molar-refractivity contribution is 5.84. The first-order chi connectivity index (χ1) is 11.2. The smallest absolute Gasteiger partial charge is 0.411 e.